The molecule has 0 radical (unpaired) electrons. The van der Waals surface area contributed by atoms with Gasteiger partial charge in [-0.15, -0.1) is 11.3 Å². The largest absolute Gasteiger partial charge is 0.288 e. The van der Waals surface area contributed by atoms with E-state index in [0.29, 0.717) is 0 Å². The van der Waals surface area contributed by atoms with Gasteiger partial charge in [0.1, 0.15) is 0 Å². The first kappa shape index (κ1) is 11.5. The number of ketones is 1. The van der Waals surface area contributed by atoms with E-state index < -0.39 is 0 Å². The zero-order chi connectivity index (χ0) is 11.0. The molecule has 0 fully saturated rings. The second kappa shape index (κ2) is 4.49. The van der Waals surface area contributed by atoms with Gasteiger partial charge in [0.05, 0.1) is 9.35 Å². The van der Waals surface area contributed by atoms with Gasteiger partial charge in [0.15, 0.2) is 0 Å². The van der Waals surface area contributed by atoms with Crippen molar-refractivity contribution in [1.29, 1.82) is 0 Å². The van der Waals surface area contributed by atoms with Gasteiger partial charge in [-0.2, -0.15) is 11.3 Å². The summed E-state index contributed by atoms with van der Waals surface area (Å²) in [6, 6.07) is 0. The summed E-state index contributed by atoms with van der Waals surface area (Å²) in [5.41, 5.74) is 1.84. The summed E-state index contributed by atoms with van der Waals surface area (Å²) in [6.45, 7) is 1.96. The van der Waals surface area contributed by atoms with Gasteiger partial charge in [-0.05, 0) is 49.7 Å². The number of hydrogen-bond donors (Lipinski definition) is 0. The molecule has 0 aliphatic rings. The molecule has 2 heterocycles. The van der Waals surface area contributed by atoms with Gasteiger partial charge < -0.3 is 0 Å². The van der Waals surface area contributed by atoms with Crippen LogP contribution in [-0.4, -0.2) is 5.78 Å². The van der Waals surface area contributed by atoms with Crippen LogP contribution >= 0.6 is 54.5 Å². The van der Waals surface area contributed by atoms with E-state index in [1.54, 1.807) is 11.3 Å². The molecular weight excluding hydrogens is 360 g/mol. The molecule has 1 nitrogen and oxygen atoms in total. The van der Waals surface area contributed by atoms with Crippen LogP contribution in [0.25, 0.3) is 0 Å². The Labute approximate surface area is 112 Å². The topological polar surface area (TPSA) is 17.1 Å². The van der Waals surface area contributed by atoms with Gasteiger partial charge in [-0.3, -0.25) is 4.79 Å². The Hall–Kier alpha value is 0.0300. The highest BCUT2D eigenvalue weighted by atomic mass is 79.9. The maximum Gasteiger partial charge on any atom is 0.205 e. The van der Waals surface area contributed by atoms with Gasteiger partial charge in [-0.1, -0.05) is 0 Å². The lowest BCUT2D eigenvalue weighted by atomic mass is 10.1. The molecule has 0 bridgehead atoms. The monoisotopic (exact) mass is 364 g/mol. The van der Waals surface area contributed by atoms with E-state index in [0.717, 1.165) is 24.9 Å². The molecule has 0 aliphatic carbocycles. The molecule has 0 aliphatic heterocycles. The summed E-state index contributed by atoms with van der Waals surface area (Å²) in [4.78, 5) is 12.9. The first-order valence-corrected chi connectivity index (χ1v) is 7.52. The summed E-state index contributed by atoms with van der Waals surface area (Å²) in [6.07, 6.45) is 0. The molecule has 2 aromatic heterocycles. The Morgan fingerprint density at radius 3 is 2.47 bits per heavy atom. The third-order valence-electron chi connectivity index (χ3n) is 2.00. The summed E-state index contributed by atoms with van der Waals surface area (Å²) in [7, 11) is 0. The minimum Gasteiger partial charge on any atom is -0.288 e. The Bertz CT molecular complexity index is 513. The maximum atomic E-state index is 12.1. The van der Waals surface area contributed by atoms with E-state index in [-0.39, 0.29) is 5.78 Å². The Balaban J connectivity index is 2.46. The fraction of sp³-hybridized carbons (Fsp3) is 0.100. The second-order valence-electron chi connectivity index (χ2n) is 3.02. The number of rotatable bonds is 2. The normalized spacial score (nSPS) is 10.6. The third kappa shape index (κ3) is 2.11. The minimum absolute atomic E-state index is 0.0938. The molecule has 2 rings (SSSR count). The van der Waals surface area contributed by atoms with Crippen molar-refractivity contribution in [3.63, 3.8) is 0 Å². The smallest absolute Gasteiger partial charge is 0.205 e. The SMILES string of the molecule is Cc1cscc1C(=O)c1scc(Br)c1Br. The second-order valence-corrected chi connectivity index (χ2v) is 6.29. The van der Waals surface area contributed by atoms with Crippen molar-refractivity contribution in [2.45, 2.75) is 6.92 Å². The van der Waals surface area contributed by atoms with E-state index >= 15 is 0 Å². The predicted molar refractivity (Wildman–Crippen MR) is 72.2 cm³/mol. The van der Waals surface area contributed by atoms with Crippen molar-refractivity contribution < 1.29 is 4.79 Å². The fourth-order valence-electron chi connectivity index (χ4n) is 1.19. The Morgan fingerprint density at radius 2 is 2.00 bits per heavy atom. The number of thiophene rings is 2. The minimum atomic E-state index is 0.0938. The molecule has 0 N–H and O–H groups in total. The fourth-order valence-corrected chi connectivity index (χ4v) is 4.13. The van der Waals surface area contributed by atoms with Crippen LogP contribution < -0.4 is 0 Å². The molecule has 78 valence electrons. The lowest BCUT2D eigenvalue weighted by molar-refractivity contribution is 0.104. The van der Waals surface area contributed by atoms with Crippen LogP contribution in [0.1, 0.15) is 20.8 Å². The molecule has 0 amide bonds. The van der Waals surface area contributed by atoms with Crippen molar-refractivity contribution in [2.24, 2.45) is 0 Å². The van der Waals surface area contributed by atoms with E-state index in [2.05, 4.69) is 31.9 Å². The van der Waals surface area contributed by atoms with Crippen molar-refractivity contribution in [3.8, 4) is 0 Å². The molecule has 0 atom stereocenters. The zero-order valence-electron chi connectivity index (χ0n) is 7.71. The van der Waals surface area contributed by atoms with Gasteiger partial charge in [0, 0.05) is 20.8 Å². The van der Waals surface area contributed by atoms with Gasteiger partial charge in [0.25, 0.3) is 0 Å². The van der Waals surface area contributed by atoms with Crippen LogP contribution in [0.2, 0.25) is 0 Å². The number of aryl methyl sites for hydroxylation is 1. The van der Waals surface area contributed by atoms with E-state index in [1.165, 1.54) is 11.3 Å². The highest BCUT2D eigenvalue weighted by Gasteiger charge is 2.18. The van der Waals surface area contributed by atoms with Gasteiger partial charge in [-0.25, -0.2) is 0 Å². The van der Waals surface area contributed by atoms with Gasteiger partial charge >= 0.3 is 0 Å². The number of carbonyl (C=O) groups excluding carboxylic acids is 1. The average molecular weight is 366 g/mol. The molecule has 15 heavy (non-hydrogen) atoms. The Morgan fingerprint density at radius 1 is 1.27 bits per heavy atom. The first-order valence-electron chi connectivity index (χ1n) is 4.11. The van der Waals surface area contributed by atoms with Crippen molar-refractivity contribution >= 4 is 60.3 Å². The number of hydrogen-bond acceptors (Lipinski definition) is 3. The van der Waals surface area contributed by atoms with Crippen LogP contribution in [0.5, 0.6) is 0 Å². The average Bonchev–Trinajstić information content (AvgIpc) is 2.75. The van der Waals surface area contributed by atoms with Crippen molar-refractivity contribution in [3.05, 3.63) is 41.1 Å². The van der Waals surface area contributed by atoms with Gasteiger partial charge in [0.2, 0.25) is 5.78 Å². The summed E-state index contributed by atoms with van der Waals surface area (Å²) >= 11 is 9.80. The van der Waals surface area contributed by atoms with Crippen LogP contribution in [0.15, 0.2) is 25.1 Å². The van der Waals surface area contributed by atoms with Crippen LogP contribution in [0.4, 0.5) is 0 Å². The molecule has 0 unspecified atom stereocenters. The highest BCUT2D eigenvalue weighted by Crippen LogP contribution is 2.34. The van der Waals surface area contributed by atoms with Crippen LogP contribution in [-0.2, 0) is 0 Å². The molecule has 0 saturated carbocycles. The highest BCUT2D eigenvalue weighted by molar-refractivity contribution is 9.13. The molecule has 2 aromatic rings. The Kier molecular flexibility index (Phi) is 3.45. The quantitative estimate of drug-likeness (QED) is 0.693. The molecule has 5 heteroatoms. The van der Waals surface area contributed by atoms with Crippen LogP contribution in [0.3, 0.4) is 0 Å². The lowest BCUT2D eigenvalue weighted by Gasteiger charge is -1.97. The van der Waals surface area contributed by atoms with Crippen molar-refractivity contribution in [1.82, 2.24) is 0 Å². The molecule has 0 aromatic carbocycles. The van der Waals surface area contributed by atoms with E-state index in [9.17, 15) is 4.79 Å². The predicted octanol–water partition coefficient (Wildman–Crippen LogP) is 4.87. The zero-order valence-corrected chi connectivity index (χ0v) is 12.5. The molecule has 0 spiro atoms. The van der Waals surface area contributed by atoms with E-state index in [4.69, 9.17) is 0 Å². The molecule has 0 saturated heterocycles. The lowest BCUT2D eigenvalue weighted by Crippen LogP contribution is -1.99. The number of carbonyl (C=O) groups is 1. The number of halogens is 2. The molecular formula is C10H6Br2OS2. The summed E-state index contributed by atoms with van der Waals surface area (Å²) < 4.78 is 1.78. The van der Waals surface area contributed by atoms with Crippen LogP contribution in [0, 0.1) is 6.92 Å². The third-order valence-corrected chi connectivity index (χ3v) is 6.38. The standard InChI is InChI=1S/C10H6Br2OS2/c1-5-2-14-3-6(5)9(13)10-8(12)7(11)4-15-10/h2-4H,1H3. The first-order chi connectivity index (χ1) is 7.11. The van der Waals surface area contributed by atoms with E-state index in [1.807, 2.05) is 23.1 Å². The summed E-state index contributed by atoms with van der Waals surface area (Å²) in [5, 5.41) is 5.81. The summed E-state index contributed by atoms with van der Waals surface area (Å²) in [5.74, 6) is 0.0938. The maximum absolute atomic E-state index is 12.1. The van der Waals surface area contributed by atoms with Crippen molar-refractivity contribution in [2.75, 3.05) is 0 Å².